The molecule has 1 aromatic heterocycles. The van der Waals surface area contributed by atoms with E-state index in [-0.39, 0.29) is 11.5 Å². The lowest BCUT2D eigenvalue weighted by atomic mass is 9.45. The summed E-state index contributed by atoms with van der Waals surface area (Å²) in [4.78, 5) is 38.0. The van der Waals surface area contributed by atoms with Crippen LogP contribution in [0.4, 0.5) is 0 Å². The van der Waals surface area contributed by atoms with Crippen LogP contribution in [0, 0.1) is 23.2 Å². The molecule has 3 aliphatic carbocycles. The molecule has 8 heteroatoms. The van der Waals surface area contributed by atoms with E-state index in [0.717, 1.165) is 23.2 Å². The van der Waals surface area contributed by atoms with Crippen molar-refractivity contribution in [1.29, 1.82) is 0 Å². The molecule has 1 heterocycles. The van der Waals surface area contributed by atoms with Crippen LogP contribution in [-0.4, -0.2) is 27.2 Å². The van der Waals surface area contributed by atoms with E-state index >= 15 is 0 Å². The Labute approximate surface area is 167 Å². The van der Waals surface area contributed by atoms with Gasteiger partial charge in [-0.15, -0.1) is 0 Å². The monoisotopic (exact) mass is 402 g/mol. The van der Waals surface area contributed by atoms with E-state index in [1.54, 1.807) is 12.1 Å². The first-order valence-corrected chi connectivity index (χ1v) is 9.92. The Morgan fingerprint density at radius 2 is 2.14 bits per heavy atom. The number of nitrogens with zero attached hydrogens (tertiary/aromatic N) is 2. The van der Waals surface area contributed by atoms with Gasteiger partial charge < -0.3 is 5.32 Å². The summed E-state index contributed by atoms with van der Waals surface area (Å²) in [6.07, 6.45) is 4.63. The van der Waals surface area contributed by atoms with E-state index in [0.29, 0.717) is 34.5 Å². The van der Waals surface area contributed by atoms with Gasteiger partial charge in [-0.1, -0.05) is 25.4 Å². The maximum absolute atomic E-state index is 12.8. The van der Waals surface area contributed by atoms with Crippen molar-refractivity contribution < 1.29 is 4.79 Å². The summed E-state index contributed by atoms with van der Waals surface area (Å²) < 4.78 is 1.02. The lowest BCUT2D eigenvalue weighted by Gasteiger charge is -2.60. The second-order valence-corrected chi connectivity index (χ2v) is 8.83. The van der Waals surface area contributed by atoms with Crippen molar-refractivity contribution in [2.24, 2.45) is 23.2 Å². The SMILES string of the molecule is CC1(C)C2CCC(CNC(=O)c3cc(-n4ncc(=O)[nH]c4=O)ccc3Cl)C1C2. The minimum absolute atomic E-state index is 0.274. The number of hydrogen-bond acceptors (Lipinski definition) is 4. The van der Waals surface area contributed by atoms with Crippen molar-refractivity contribution in [3.8, 4) is 5.69 Å². The number of H-pyrrole nitrogens is 1. The number of carbonyl (C=O) groups is 1. The van der Waals surface area contributed by atoms with Crippen molar-refractivity contribution in [3.05, 3.63) is 55.8 Å². The Morgan fingerprint density at radius 3 is 2.82 bits per heavy atom. The fourth-order valence-electron chi connectivity index (χ4n) is 4.88. The molecule has 0 aliphatic heterocycles. The number of rotatable bonds is 4. The second kappa shape index (κ2) is 6.88. The first-order chi connectivity index (χ1) is 13.3. The number of aromatic nitrogens is 3. The molecule has 1 aromatic carbocycles. The summed E-state index contributed by atoms with van der Waals surface area (Å²) in [6.45, 7) is 5.28. The molecule has 1 amide bonds. The van der Waals surface area contributed by atoms with Crippen molar-refractivity contribution in [1.82, 2.24) is 20.1 Å². The number of halogens is 1. The highest BCUT2D eigenvalue weighted by atomic mass is 35.5. The molecular weight excluding hydrogens is 380 g/mol. The van der Waals surface area contributed by atoms with Crippen LogP contribution in [0.25, 0.3) is 5.69 Å². The normalized spacial score (nSPS) is 25.0. The predicted molar refractivity (Wildman–Crippen MR) is 106 cm³/mol. The number of amides is 1. The van der Waals surface area contributed by atoms with Crippen LogP contribution in [0.1, 0.15) is 43.5 Å². The highest BCUT2D eigenvalue weighted by Gasteiger charge is 2.53. The van der Waals surface area contributed by atoms with E-state index in [9.17, 15) is 14.4 Å². The third-order valence-corrected chi connectivity index (χ3v) is 7.01. The Morgan fingerprint density at radius 1 is 1.36 bits per heavy atom. The Balaban J connectivity index is 1.51. The van der Waals surface area contributed by atoms with Crippen LogP contribution >= 0.6 is 11.6 Å². The maximum atomic E-state index is 12.8. The number of benzene rings is 1. The van der Waals surface area contributed by atoms with Crippen LogP contribution in [-0.2, 0) is 0 Å². The van der Waals surface area contributed by atoms with Gasteiger partial charge in [0.1, 0.15) is 6.20 Å². The second-order valence-electron chi connectivity index (χ2n) is 8.42. The molecule has 0 saturated heterocycles. The molecule has 3 aliphatic rings. The van der Waals surface area contributed by atoms with Crippen molar-refractivity contribution >= 4 is 17.5 Å². The van der Waals surface area contributed by atoms with E-state index in [2.05, 4.69) is 29.2 Å². The molecule has 2 bridgehead atoms. The average Bonchev–Trinajstić information content (AvgIpc) is 2.67. The molecule has 28 heavy (non-hydrogen) atoms. The highest BCUT2D eigenvalue weighted by molar-refractivity contribution is 6.33. The quantitative estimate of drug-likeness (QED) is 0.820. The number of hydrogen-bond donors (Lipinski definition) is 2. The molecule has 0 spiro atoms. The summed E-state index contributed by atoms with van der Waals surface area (Å²) in [7, 11) is 0. The molecule has 3 saturated carbocycles. The van der Waals surface area contributed by atoms with E-state index < -0.39 is 11.2 Å². The summed E-state index contributed by atoms with van der Waals surface area (Å²) >= 11 is 6.22. The predicted octanol–water partition coefficient (Wildman–Crippen LogP) is 2.38. The molecule has 2 N–H and O–H groups in total. The lowest BCUT2D eigenvalue weighted by Crippen LogP contribution is -2.54. The molecule has 3 atom stereocenters. The van der Waals surface area contributed by atoms with Crippen LogP contribution in [0.15, 0.2) is 34.0 Å². The average molecular weight is 403 g/mol. The highest BCUT2D eigenvalue weighted by Crippen LogP contribution is 2.61. The van der Waals surface area contributed by atoms with Gasteiger partial charge in [-0.05, 0) is 60.6 Å². The number of aromatic amines is 1. The number of fused-ring (bicyclic) bond motifs is 2. The molecule has 0 radical (unpaired) electrons. The van der Waals surface area contributed by atoms with Gasteiger partial charge in [-0.3, -0.25) is 14.6 Å². The van der Waals surface area contributed by atoms with Gasteiger partial charge in [-0.2, -0.15) is 9.78 Å². The zero-order valence-corrected chi connectivity index (χ0v) is 16.6. The third kappa shape index (κ3) is 3.17. The molecule has 3 fully saturated rings. The molecule has 3 unspecified atom stereocenters. The van der Waals surface area contributed by atoms with Gasteiger partial charge in [-0.25, -0.2) is 4.79 Å². The first kappa shape index (κ1) is 18.9. The Bertz CT molecular complexity index is 1040. The summed E-state index contributed by atoms with van der Waals surface area (Å²) in [5.41, 5.74) is -0.258. The molecule has 5 rings (SSSR count). The molecule has 148 valence electrons. The van der Waals surface area contributed by atoms with Gasteiger partial charge in [0.25, 0.3) is 11.5 Å². The smallest absolute Gasteiger partial charge is 0.349 e. The maximum Gasteiger partial charge on any atom is 0.349 e. The Kier molecular flexibility index (Phi) is 4.65. The third-order valence-electron chi connectivity index (χ3n) is 6.68. The fraction of sp³-hybridized carbons (Fsp3) is 0.500. The summed E-state index contributed by atoms with van der Waals surface area (Å²) in [5, 5.41) is 7.13. The van der Waals surface area contributed by atoms with E-state index in [4.69, 9.17) is 11.6 Å². The van der Waals surface area contributed by atoms with E-state index in [1.165, 1.54) is 18.9 Å². The number of nitrogens with one attached hydrogen (secondary N) is 2. The number of carbonyl (C=O) groups excluding carboxylic acids is 1. The van der Waals surface area contributed by atoms with Gasteiger partial charge in [0.05, 0.1) is 16.3 Å². The minimum Gasteiger partial charge on any atom is -0.352 e. The molecular formula is C20H23ClN4O3. The van der Waals surface area contributed by atoms with Crippen LogP contribution in [0.2, 0.25) is 5.02 Å². The van der Waals surface area contributed by atoms with Crippen molar-refractivity contribution in [2.75, 3.05) is 6.54 Å². The summed E-state index contributed by atoms with van der Waals surface area (Å²) in [5.74, 6) is 1.67. The van der Waals surface area contributed by atoms with Gasteiger partial charge >= 0.3 is 5.69 Å². The van der Waals surface area contributed by atoms with Crippen LogP contribution in [0.3, 0.4) is 0 Å². The van der Waals surface area contributed by atoms with Gasteiger partial charge in [0.2, 0.25) is 0 Å². The van der Waals surface area contributed by atoms with Crippen LogP contribution < -0.4 is 16.6 Å². The Hall–Kier alpha value is -2.41. The minimum atomic E-state index is -0.676. The van der Waals surface area contributed by atoms with Crippen molar-refractivity contribution in [2.45, 2.75) is 33.1 Å². The lowest BCUT2D eigenvalue weighted by molar-refractivity contribution is -0.103. The van der Waals surface area contributed by atoms with Crippen LogP contribution in [0.5, 0.6) is 0 Å². The van der Waals surface area contributed by atoms with Gasteiger partial charge in [0, 0.05) is 6.54 Å². The fourth-order valence-corrected chi connectivity index (χ4v) is 5.09. The van der Waals surface area contributed by atoms with Gasteiger partial charge in [0.15, 0.2) is 0 Å². The van der Waals surface area contributed by atoms with Crippen molar-refractivity contribution in [3.63, 3.8) is 0 Å². The largest absolute Gasteiger partial charge is 0.352 e. The molecule has 7 nitrogen and oxygen atoms in total. The standard InChI is InChI=1S/C20H23ClN4O3/c1-20(2)12-4-3-11(15(20)7-12)9-22-18(27)14-8-13(5-6-16(14)21)25-19(28)24-17(26)10-23-25/h5-6,8,10-12,15H,3-4,7,9H2,1-2H3,(H,22,27)(H,24,26,28). The molecule has 2 aromatic rings. The zero-order chi connectivity index (χ0) is 20.1. The first-order valence-electron chi connectivity index (χ1n) is 9.54. The van der Waals surface area contributed by atoms with E-state index in [1.807, 2.05) is 0 Å². The topological polar surface area (TPSA) is 96.8 Å². The summed E-state index contributed by atoms with van der Waals surface area (Å²) in [6, 6.07) is 4.63. The zero-order valence-electron chi connectivity index (χ0n) is 15.9.